The third-order valence-electron chi connectivity index (χ3n) is 2.04. The molecular formula is C10H10F3NO2. The van der Waals surface area contributed by atoms with E-state index < -0.39 is 41.4 Å². The molecule has 3 N–H and O–H groups in total. The Bertz CT molecular complexity index is 409. The SMILES string of the molecule is N[C@@H](CC(=O)O)Cc1c(F)ccc(F)c1F. The number of aliphatic carboxylic acids is 1. The molecule has 0 bridgehead atoms. The van der Waals surface area contributed by atoms with E-state index in [0.717, 1.165) is 6.07 Å². The fourth-order valence-electron chi connectivity index (χ4n) is 1.31. The number of carbonyl (C=O) groups is 1. The van der Waals surface area contributed by atoms with Crippen molar-refractivity contribution in [1.29, 1.82) is 0 Å². The lowest BCUT2D eigenvalue weighted by molar-refractivity contribution is -0.137. The molecule has 0 spiro atoms. The predicted molar refractivity (Wildman–Crippen MR) is 50.2 cm³/mol. The van der Waals surface area contributed by atoms with Crippen molar-refractivity contribution in [3.05, 3.63) is 35.1 Å². The van der Waals surface area contributed by atoms with E-state index in [9.17, 15) is 18.0 Å². The smallest absolute Gasteiger partial charge is 0.304 e. The normalized spacial score (nSPS) is 12.5. The van der Waals surface area contributed by atoms with Crippen molar-refractivity contribution >= 4 is 5.97 Å². The van der Waals surface area contributed by atoms with Crippen LogP contribution < -0.4 is 5.73 Å². The molecule has 0 unspecified atom stereocenters. The number of nitrogens with two attached hydrogens (primary N) is 1. The van der Waals surface area contributed by atoms with Gasteiger partial charge in [0.05, 0.1) is 6.42 Å². The zero-order chi connectivity index (χ0) is 12.3. The minimum absolute atomic E-state index is 0.359. The highest BCUT2D eigenvalue weighted by atomic mass is 19.2. The van der Waals surface area contributed by atoms with Crippen LogP contribution in [0.3, 0.4) is 0 Å². The minimum atomic E-state index is -1.32. The maximum Gasteiger partial charge on any atom is 0.304 e. The Hall–Kier alpha value is -1.56. The van der Waals surface area contributed by atoms with Crippen molar-refractivity contribution in [3.63, 3.8) is 0 Å². The van der Waals surface area contributed by atoms with Gasteiger partial charge in [0.2, 0.25) is 0 Å². The summed E-state index contributed by atoms with van der Waals surface area (Å²) in [6.07, 6.45) is -0.795. The van der Waals surface area contributed by atoms with E-state index in [1.54, 1.807) is 0 Å². The van der Waals surface area contributed by atoms with Crippen LogP contribution in [0.1, 0.15) is 12.0 Å². The van der Waals surface area contributed by atoms with Gasteiger partial charge in [-0.25, -0.2) is 13.2 Å². The van der Waals surface area contributed by atoms with Crippen LogP contribution in [0, 0.1) is 17.5 Å². The Labute approximate surface area is 89.7 Å². The first kappa shape index (κ1) is 12.5. The second-order valence-electron chi connectivity index (χ2n) is 3.38. The highest BCUT2D eigenvalue weighted by molar-refractivity contribution is 5.67. The highest BCUT2D eigenvalue weighted by Gasteiger charge is 2.18. The van der Waals surface area contributed by atoms with Gasteiger partial charge in [-0.05, 0) is 18.6 Å². The minimum Gasteiger partial charge on any atom is -0.481 e. The van der Waals surface area contributed by atoms with E-state index in [1.807, 2.05) is 0 Å². The lowest BCUT2D eigenvalue weighted by Gasteiger charge is -2.10. The maximum absolute atomic E-state index is 13.1. The number of rotatable bonds is 4. The van der Waals surface area contributed by atoms with Crippen LogP contribution in [0.2, 0.25) is 0 Å². The van der Waals surface area contributed by atoms with E-state index in [2.05, 4.69) is 0 Å². The van der Waals surface area contributed by atoms with Crippen LogP contribution in [-0.2, 0) is 11.2 Å². The molecule has 1 aromatic rings. The zero-order valence-corrected chi connectivity index (χ0v) is 8.21. The average molecular weight is 233 g/mol. The monoisotopic (exact) mass is 233 g/mol. The maximum atomic E-state index is 13.1. The highest BCUT2D eigenvalue weighted by Crippen LogP contribution is 2.17. The summed E-state index contributed by atoms with van der Waals surface area (Å²) in [5.74, 6) is -4.61. The lowest BCUT2D eigenvalue weighted by Crippen LogP contribution is -2.27. The number of benzene rings is 1. The van der Waals surface area contributed by atoms with Crippen molar-refractivity contribution in [2.75, 3.05) is 0 Å². The van der Waals surface area contributed by atoms with E-state index in [4.69, 9.17) is 10.8 Å². The van der Waals surface area contributed by atoms with Crippen LogP contribution in [0.25, 0.3) is 0 Å². The summed E-state index contributed by atoms with van der Waals surface area (Å²) in [5.41, 5.74) is 4.84. The van der Waals surface area contributed by atoms with Gasteiger partial charge in [0.1, 0.15) is 5.82 Å². The first-order valence-electron chi connectivity index (χ1n) is 4.51. The molecule has 0 heterocycles. The third kappa shape index (κ3) is 2.96. The first-order valence-corrected chi connectivity index (χ1v) is 4.51. The van der Waals surface area contributed by atoms with Gasteiger partial charge in [-0.1, -0.05) is 0 Å². The van der Waals surface area contributed by atoms with Crippen LogP contribution in [0.15, 0.2) is 12.1 Å². The molecule has 1 atom stereocenters. The molecule has 0 saturated heterocycles. The second kappa shape index (κ2) is 4.98. The quantitative estimate of drug-likeness (QED) is 0.773. The number of hydrogen-bond donors (Lipinski definition) is 2. The Balaban J connectivity index is 2.88. The van der Waals surface area contributed by atoms with Gasteiger partial charge in [-0.2, -0.15) is 0 Å². The van der Waals surface area contributed by atoms with Crippen LogP contribution in [0.5, 0.6) is 0 Å². The van der Waals surface area contributed by atoms with Crippen LogP contribution in [-0.4, -0.2) is 17.1 Å². The molecule has 3 nitrogen and oxygen atoms in total. The molecule has 88 valence electrons. The Morgan fingerprint density at radius 2 is 1.88 bits per heavy atom. The summed E-state index contributed by atoms with van der Waals surface area (Å²) in [6.45, 7) is 0. The predicted octanol–water partition coefficient (Wildman–Crippen LogP) is 1.45. The van der Waals surface area contributed by atoms with E-state index in [-0.39, 0.29) is 6.42 Å². The lowest BCUT2D eigenvalue weighted by atomic mass is 10.0. The van der Waals surface area contributed by atoms with Gasteiger partial charge in [0.15, 0.2) is 11.6 Å². The van der Waals surface area contributed by atoms with Crippen molar-refractivity contribution in [3.8, 4) is 0 Å². The fourth-order valence-corrected chi connectivity index (χ4v) is 1.31. The summed E-state index contributed by atoms with van der Waals surface area (Å²) in [4.78, 5) is 10.3. The first-order chi connectivity index (χ1) is 7.41. The summed E-state index contributed by atoms with van der Waals surface area (Å²) < 4.78 is 39.0. The van der Waals surface area contributed by atoms with Gasteiger partial charge in [-0.15, -0.1) is 0 Å². The van der Waals surface area contributed by atoms with Crippen molar-refractivity contribution in [2.45, 2.75) is 18.9 Å². The average Bonchev–Trinajstić information content (AvgIpc) is 2.17. The molecule has 0 aliphatic rings. The molecule has 0 aromatic heterocycles. The molecule has 0 fully saturated rings. The fraction of sp³-hybridized carbons (Fsp3) is 0.300. The molecule has 1 rings (SSSR count). The Morgan fingerprint density at radius 1 is 1.31 bits per heavy atom. The van der Waals surface area contributed by atoms with E-state index in [0.29, 0.717) is 6.07 Å². The van der Waals surface area contributed by atoms with Gasteiger partial charge >= 0.3 is 5.97 Å². The van der Waals surface area contributed by atoms with Gasteiger partial charge in [0, 0.05) is 11.6 Å². The van der Waals surface area contributed by atoms with Crippen LogP contribution in [0.4, 0.5) is 13.2 Å². The summed E-state index contributed by atoms with van der Waals surface area (Å²) >= 11 is 0. The Morgan fingerprint density at radius 3 is 2.44 bits per heavy atom. The standard InChI is InChI=1S/C10H10F3NO2/c11-7-1-2-8(12)10(13)6(7)3-5(14)4-9(15)16/h1-2,5H,3-4,14H2,(H,15,16)/t5-/m1/s1. The second-order valence-corrected chi connectivity index (χ2v) is 3.38. The van der Waals surface area contributed by atoms with Crippen molar-refractivity contribution in [2.24, 2.45) is 5.73 Å². The number of hydrogen-bond acceptors (Lipinski definition) is 2. The van der Waals surface area contributed by atoms with Gasteiger partial charge < -0.3 is 10.8 Å². The van der Waals surface area contributed by atoms with E-state index >= 15 is 0 Å². The summed E-state index contributed by atoms with van der Waals surface area (Å²) in [6, 6.07) is 0.487. The zero-order valence-electron chi connectivity index (χ0n) is 8.21. The van der Waals surface area contributed by atoms with Crippen LogP contribution >= 0.6 is 0 Å². The van der Waals surface area contributed by atoms with Gasteiger partial charge in [-0.3, -0.25) is 4.79 Å². The molecule has 0 saturated carbocycles. The third-order valence-corrected chi connectivity index (χ3v) is 2.04. The molecule has 6 heteroatoms. The van der Waals surface area contributed by atoms with Crippen molar-refractivity contribution in [1.82, 2.24) is 0 Å². The molecular weight excluding hydrogens is 223 g/mol. The molecule has 16 heavy (non-hydrogen) atoms. The molecule has 0 amide bonds. The molecule has 1 aromatic carbocycles. The number of carboxylic acids is 1. The largest absolute Gasteiger partial charge is 0.481 e. The topological polar surface area (TPSA) is 63.3 Å². The summed E-state index contributed by atoms with van der Waals surface area (Å²) in [7, 11) is 0. The molecule has 0 aliphatic carbocycles. The molecule has 0 aliphatic heterocycles. The van der Waals surface area contributed by atoms with Gasteiger partial charge in [0.25, 0.3) is 0 Å². The van der Waals surface area contributed by atoms with Crippen molar-refractivity contribution < 1.29 is 23.1 Å². The molecule has 0 radical (unpaired) electrons. The number of carboxylic acid groups (broad SMARTS) is 1. The number of halogens is 3. The Kier molecular flexibility index (Phi) is 3.89. The summed E-state index contributed by atoms with van der Waals surface area (Å²) in [5, 5.41) is 8.41. The van der Waals surface area contributed by atoms with E-state index in [1.165, 1.54) is 0 Å².